The van der Waals surface area contributed by atoms with Crippen molar-refractivity contribution in [2.45, 2.75) is 12.8 Å². The molecule has 1 N–H and O–H groups in total. The molecule has 2 heterocycles. The number of rotatable bonds is 3. The number of aromatic nitrogens is 2. The summed E-state index contributed by atoms with van der Waals surface area (Å²) in [6.07, 6.45) is 5.28. The molecule has 2 aromatic heterocycles. The summed E-state index contributed by atoms with van der Waals surface area (Å²) in [6.45, 7) is 0. The molecule has 2 aromatic rings. The van der Waals surface area contributed by atoms with Crippen LogP contribution in [0, 0.1) is 5.92 Å². The van der Waals surface area contributed by atoms with Crippen LogP contribution in [0.5, 0.6) is 5.88 Å². The highest BCUT2D eigenvalue weighted by atomic mass is 79.9. The van der Waals surface area contributed by atoms with Crippen molar-refractivity contribution in [3.63, 3.8) is 0 Å². The summed E-state index contributed by atoms with van der Waals surface area (Å²) < 4.78 is 6.03. The number of hydrogen-bond donors (Lipinski definition) is 1. The summed E-state index contributed by atoms with van der Waals surface area (Å²) in [5, 5.41) is 4.55. The topological polar surface area (TPSA) is 64.1 Å². The first-order valence-electron chi connectivity index (χ1n) is 5.98. The third kappa shape index (κ3) is 2.40. The van der Waals surface area contributed by atoms with Crippen molar-refractivity contribution in [3.05, 3.63) is 22.9 Å². The maximum atomic E-state index is 11.7. The normalized spacial score (nSPS) is 14.4. The van der Waals surface area contributed by atoms with Gasteiger partial charge in [-0.3, -0.25) is 4.79 Å². The molecule has 0 spiro atoms. The molecule has 0 saturated heterocycles. The lowest BCUT2D eigenvalue weighted by atomic mass is 10.2. The fraction of sp³-hybridized carbons (Fsp3) is 0.308. The first-order chi connectivity index (χ1) is 9.19. The molecule has 1 aliphatic carbocycles. The summed E-state index contributed by atoms with van der Waals surface area (Å²) in [6, 6.07) is 1.82. The zero-order valence-corrected chi connectivity index (χ0v) is 11.9. The Labute approximate surface area is 118 Å². The Bertz CT molecular complexity index is 656. The number of pyridine rings is 2. The summed E-state index contributed by atoms with van der Waals surface area (Å²) >= 11 is 3.44. The quantitative estimate of drug-likeness (QED) is 0.944. The van der Waals surface area contributed by atoms with E-state index in [1.54, 1.807) is 19.5 Å². The highest BCUT2D eigenvalue weighted by Crippen LogP contribution is 2.32. The smallest absolute Gasteiger partial charge is 0.228 e. The van der Waals surface area contributed by atoms with E-state index in [0.29, 0.717) is 11.7 Å². The van der Waals surface area contributed by atoms with Gasteiger partial charge in [-0.15, -0.1) is 0 Å². The number of ether oxygens (including phenoxy) is 1. The van der Waals surface area contributed by atoms with Gasteiger partial charge in [-0.1, -0.05) is 0 Å². The van der Waals surface area contributed by atoms with Crippen LogP contribution in [0.1, 0.15) is 12.8 Å². The molecule has 1 saturated carbocycles. The molecule has 0 bridgehead atoms. The fourth-order valence-corrected chi connectivity index (χ4v) is 2.31. The van der Waals surface area contributed by atoms with Gasteiger partial charge in [0.15, 0.2) is 0 Å². The second-order valence-corrected chi connectivity index (χ2v) is 5.35. The van der Waals surface area contributed by atoms with Gasteiger partial charge in [0.25, 0.3) is 0 Å². The first kappa shape index (κ1) is 12.3. The van der Waals surface area contributed by atoms with Crippen molar-refractivity contribution < 1.29 is 9.53 Å². The number of nitrogens with zero attached hydrogens (tertiary/aromatic N) is 2. The summed E-state index contributed by atoms with van der Waals surface area (Å²) in [5.41, 5.74) is 0. The zero-order chi connectivity index (χ0) is 13.4. The molecule has 1 amide bonds. The molecule has 0 aliphatic heterocycles. The van der Waals surface area contributed by atoms with Gasteiger partial charge >= 0.3 is 0 Å². The minimum Gasteiger partial charge on any atom is -0.481 e. The van der Waals surface area contributed by atoms with Crippen molar-refractivity contribution in [3.8, 4) is 5.88 Å². The Hall–Kier alpha value is -1.69. The van der Waals surface area contributed by atoms with Gasteiger partial charge in [0.2, 0.25) is 11.8 Å². The number of methoxy groups -OCH3 is 1. The lowest BCUT2D eigenvalue weighted by molar-refractivity contribution is -0.117. The van der Waals surface area contributed by atoms with Crippen LogP contribution in [-0.2, 0) is 4.79 Å². The predicted molar refractivity (Wildman–Crippen MR) is 75.1 cm³/mol. The summed E-state index contributed by atoms with van der Waals surface area (Å²) in [7, 11) is 1.57. The molecule has 1 fully saturated rings. The standard InChI is InChI=1S/C13H12BrN3O2/c1-19-13-9-5-15-11(17-12(18)7-2-3-7)4-8(9)10(14)6-16-13/h4-7H,2-3H2,1H3,(H,15,17,18). The number of amides is 1. The highest BCUT2D eigenvalue weighted by Gasteiger charge is 2.29. The van der Waals surface area contributed by atoms with Gasteiger partial charge < -0.3 is 10.1 Å². The number of carbonyl (C=O) groups excluding carboxylic acids is 1. The Morgan fingerprint density at radius 2 is 2.16 bits per heavy atom. The summed E-state index contributed by atoms with van der Waals surface area (Å²) in [4.78, 5) is 20.1. The molecule has 98 valence electrons. The lowest BCUT2D eigenvalue weighted by Crippen LogP contribution is -2.14. The van der Waals surface area contributed by atoms with Crippen molar-refractivity contribution in [2.24, 2.45) is 5.92 Å². The van der Waals surface area contributed by atoms with Gasteiger partial charge in [0, 0.05) is 28.2 Å². The van der Waals surface area contributed by atoms with Crippen LogP contribution < -0.4 is 10.1 Å². The van der Waals surface area contributed by atoms with E-state index in [4.69, 9.17) is 4.74 Å². The van der Waals surface area contributed by atoms with E-state index in [-0.39, 0.29) is 11.8 Å². The molecular weight excluding hydrogens is 310 g/mol. The van der Waals surface area contributed by atoms with Crippen LogP contribution in [0.25, 0.3) is 10.8 Å². The van der Waals surface area contributed by atoms with Crippen LogP contribution in [0.3, 0.4) is 0 Å². The molecule has 0 atom stereocenters. The van der Waals surface area contributed by atoms with Crippen molar-refractivity contribution in [1.82, 2.24) is 9.97 Å². The number of carbonyl (C=O) groups is 1. The number of anilines is 1. The van der Waals surface area contributed by atoms with Crippen LogP contribution in [0.15, 0.2) is 22.9 Å². The largest absolute Gasteiger partial charge is 0.481 e. The van der Waals surface area contributed by atoms with Crippen molar-refractivity contribution in [1.29, 1.82) is 0 Å². The van der Waals surface area contributed by atoms with Crippen molar-refractivity contribution in [2.75, 3.05) is 12.4 Å². The van der Waals surface area contributed by atoms with Gasteiger partial charge in [0.05, 0.1) is 12.5 Å². The predicted octanol–water partition coefficient (Wildman–Crippen LogP) is 2.75. The minimum absolute atomic E-state index is 0.0454. The molecule has 0 radical (unpaired) electrons. The third-order valence-corrected chi connectivity index (χ3v) is 3.71. The molecule has 3 rings (SSSR count). The Balaban J connectivity index is 1.99. The van der Waals surface area contributed by atoms with E-state index in [1.165, 1.54) is 0 Å². The van der Waals surface area contributed by atoms with Gasteiger partial charge in [-0.25, -0.2) is 9.97 Å². The maximum Gasteiger partial charge on any atom is 0.228 e. The third-order valence-electron chi connectivity index (χ3n) is 3.08. The molecule has 5 nitrogen and oxygen atoms in total. The Morgan fingerprint density at radius 3 is 2.84 bits per heavy atom. The van der Waals surface area contributed by atoms with E-state index in [0.717, 1.165) is 28.1 Å². The van der Waals surface area contributed by atoms with Crippen LogP contribution in [-0.4, -0.2) is 23.0 Å². The second kappa shape index (κ2) is 4.77. The molecular formula is C13H12BrN3O2. The SMILES string of the molecule is COc1ncc(Br)c2cc(NC(=O)C3CC3)ncc12. The molecule has 6 heteroatoms. The van der Waals surface area contributed by atoms with Crippen LogP contribution in [0.4, 0.5) is 5.82 Å². The average Bonchev–Trinajstić information content (AvgIpc) is 3.24. The highest BCUT2D eigenvalue weighted by molar-refractivity contribution is 9.10. The summed E-state index contributed by atoms with van der Waals surface area (Å²) in [5.74, 6) is 1.28. The van der Waals surface area contributed by atoms with E-state index < -0.39 is 0 Å². The molecule has 0 unspecified atom stereocenters. The van der Waals surface area contributed by atoms with Gasteiger partial charge in [-0.05, 0) is 34.8 Å². The van der Waals surface area contributed by atoms with Gasteiger partial charge in [0.1, 0.15) is 5.82 Å². The average molecular weight is 322 g/mol. The Morgan fingerprint density at radius 1 is 1.37 bits per heavy atom. The monoisotopic (exact) mass is 321 g/mol. The van der Waals surface area contributed by atoms with E-state index in [2.05, 4.69) is 31.2 Å². The maximum absolute atomic E-state index is 11.7. The number of hydrogen-bond acceptors (Lipinski definition) is 4. The first-order valence-corrected chi connectivity index (χ1v) is 6.77. The zero-order valence-electron chi connectivity index (χ0n) is 10.3. The second-order valence-electron chi connectivity index (χ2n) is 4.49. The van der Waals surface area contributed by atoms with E-state index >= 15 is 0 Å². The van der Waals surface area contributed by atoms with E-state index in [9.17, 15) is 4.79 Å². The molecule has 0 aromatic carbocycles. The van der Waals surface area contributed by atoms with Crippen molar-refractivity contribution >= 4 is 38.4 Å². The Kier molecular flexibility index (Phi) is 3.10. The number of nitrogens with one attached hydrogen (secondary N) is 1. The molecule has 19 heavy (non-hydrogen) atoms. The van der Waals surface area contributed by atoms with Crippen LogP contribution in [0.2, 0.25) is 0 Å². The molecule has 1 aliphatic rings. The van der Waals surface area contributed by atoms with Gasteiger partial charge in [-0.2, -0.15) is 0 Å². The van der Waals surface area contributed by atoms with E-state index in [1.807, 2.05) is 6.07 Å². The van der Waals surface area contributed by atoms with Crippen LogP contribution >= 0.6 is 15.9 Å². The lowest BCUT2D eigenvalue weighted by Gasteiger charge is -2.08. The number of halogens is 1. The number of fused-ring (bicyclic) bond motifs is 1. The minimum atomic E-state index is 0.0454. The fourth-order valence-electron chi connectivity index (χ4n) is 1.88.